The molecule has 1 aliphatic rings. The predicted octanol–water partition coefficient (Wildman–Crippen LogP) is 3.63. The van der Waals surface area contributed by atoms with Gasteiger partial charge in [0.25, 0.3) is 0 Å². The van der Waals surface area contributed by atoms with Gasteiger partial charge in [-0.05, 0) is 18.8 Å². The van der Waals surface area contributed by atoms with E-state index in [1.165, 1.54) is 10.7 Å². The van der Waals surface area contributed by atoms with Gasteiger partial charge in [0.05, 0.1) is 10.7 Å². The van der Waals surface area contributed by atoms with Crippen LogP contribution in [0.25, 0.3) is 0 Å². The first-order valence-corrected chi connectivity index (χ1v) is 8.11. The van der Waals surface area contributed by atoms with Crippen molar-refractivity contribution in [1.29, 1.82) is 0 Å². The fraction of sp³-hybridized carbons (Fsp3) is 0.733. The number of likely N-dealkylation sites (tertiary alicyclic amines) is 1. The third kappa shape index (κ3) is 3.35. The van der Waals surface area contributed by atoms with Crippen LogP contribution in [0, 0.1) is 5.92 Å². The van der Waals surface area contributed by atoms with Crippen molar-refractivity contribution in [2.45, 2.75) is 52.4 Å². The van der Waals surface area contributed by atoms with Gasteiger partial charge in [0, 0.05) is 30.3 Å². The van der Waals surface area contributed by atoms with Gasteiger partial charge in [-0.1, -0.05) is 27.7 Å². The van der Waals surface area contributed by atoms with Crippen molar-refractivity contribution in [2.24, 2.45) is 5.92 Å². The summed E-state index contributed by atoms with van der Waals surface area (Å²) in [5.74, 6) is 1.46. The molecular weight excluding hydrogens is 256 g/mol. The lowest BCUT2D eigenvalue weighted by atomic mass is 9.96. The smallest absolute Gasteiger partial charge is 0.225 e. The molecule has 2 rings (SSSR count). The molecule has 0 atom stereocenters. The molecule has 1 aromatic rings. The van der Waals surface area contributed by atoms with Crippen LogP contribution in [0.2, 0.25) is 0 Å². The van der Waals surface area contributed by atoms with E-state index in [1.807, 2.05) is 18.7 Å². The molecule has 19 heavy (non-hydrogen) atoms. The predicted molar refractivity (Wildman–Crippen MR) is 79.6 cm³/mol. The largest absolute Gasteiger partial charge is 0.342 e. The van der Waals surface area contributed by atoms with Gasteiger partial charge in [0.1, 0.15) is 0 Å². The molecule has 0 unspecified atom stereocenters. The van der Waals surface area contributed by atoms with Crippen LogP contribution in [0.15, 0.2) is 5.38 Å². The van der Waals surface area contributed by atoms with Crippen molar-refractivity contribution in [3.05, 3.63) is 16.1 Å². The first-order valence-electron chi connectivity index (χ1n) is 7.23. The van der Waals surface area contributed by atoms with Gasteiger partial charge in [0.15, 0.2) is 0 Å². The molecule has 0 radical (unpaired) electrons. The molecule has 4 heteroatoms. The number of carbonyl (C=O) groups is 1. The molecule has 1 fully saturated rings. The van der Waals surface area contributed by atoms with Gasteiger partial charge in [-0.3, -0.25) is 4.79 Å². The first-order chi connectivity index (χ1) is 8.99. The highest BCUT2D eigenvalue weighted by atomic mass is 32.1. The van der Waals surface area contributed by atoms with Gasteiger partial charge >= 0.3 is 0 Å². The third-order valence-corrected chi connectivity index (χ3v) is 4.81. The van der Waals surface area contributed by atoms with E-state index < -0.39 is 0 Å². The molecule has 0 saturated carbocycles. The Morgan fingerprint density at radius 3 is 2.42 bits per heavy atom. The van der Waals surface area contributed by atoms with E-state index in [4.69, 9.17) is 4.98 Å². The van der Waals surface area contributed by atoms with Crippen LogP contribution < -0.4 is 0 Å². The Morgan fingerprint density at radius 1 is 1.32 bits per heavy atom. The van der Waals surface area contributed by atoms with Gasteiger partial charge in [-0.15, -0.1) is 11.3 Å². The SMILES string of the molecule is CC(C)C(=O)N1CCC(c2nc(C(C)C)cs2)CC1. The Kier molecular flexibility index (Phi) is 4.61. The molecule has 0 aliphatic carbocycles. The quantitative estimate of drug-likeness (QED) is 0.847. The van der Waals surface area contributed by atoms with Crippen molar-refractivity contribution in [1.82, 2.24) is 9.88 Å². The second-order valence-corrected chi connectivity index (χ2v) is 6.91. The maximum absolute atomic E-state index is 11.9. The summed E-state index contributed by atoms with van der Waals surface area (Å²) in [6, 6.07) is 0. The van der Waals surface area contributed by atoms with E-state index in [0.717, 1.165) is 25.9 Å². The number of piperidine rings is 1. The monoisotopic (exact) mass is 280 g/mol. The van der Waals surface area contributed by atoms with Crippen molar-refractivity contribution in [2.75, 3.05) is 13.1 Å². The normalized spacial score (nSPS) is 17.5. The lowest BCUT2D eigenvalue weighted by molar-refractivity contribution is -0.135. The fourth-order valence-corrected chi connectivity index (χ4v) is 3.62. The van der Waals surface area contributed by atoms with Gasteiger partial charge in [-0.2, -0.15) is 0 Å². The fourth-order valence-electron chi connectivity index (χ4n) is 2.47. The molecular formula is C15H24N2OS. The summed E-state index contributed by atoms with van der Waals surface area (Å²) in [4.78, 5) is 18.7. The van der Waals surface area contributed by atoms with Crippen molar-refractivity contribution in [3.8, 4) is 0 Å². The molecule has 3 nitrogen and oxygen atoms in total. The minimum atomic E-state index is 0.115. The number of aromatic nitrogens is 1. The summed E-state index contributed by atoms with van der Waals surface area (Å²) >= 11 is 1.79. The van der Waals surface area contributed by atoms with E-state index in [2.05, 4.69) is 19.2 Å². The summed E-state index contributed by atoms with van der Waals surface area (Å²) in [5.41, 5.74) is 1.21. The Hall–Kier alpha value is -0.900. The van der Waals surface area contributed by atoms with Crippen LogP contribution in [0.5, 0.6) is 0 Å². The van der Waals surface area contributed by atoms with Crippen LogP contribution in [-0.2, 0) is 4.79 Å². The summed E-state index contributed by atoms with van der Waals surface area (Å²) in [6.45, 7) is 10.1. The number of nitrogens with zero attached hydrogens (tertiary/aromatic N) is 2. The summed E-state index contributed by atoms with van der Waals surface area (Å²) in [5, 5.41) is 3.45. The van der Waals surface area contributed by atoms with E-state index in [-0.39, 0.29) is 5.92 Å². The molecule has 1 amide bonds. The zero-order valence-electron chi connectivity index (χ0n) is 12.3. The molecule has 1 saturated heterocycles. The minimum absolute atomic E-state index is 0.115. The lowest BCUT2D eigenvalue weighted by Crippen LogP contribution is -2.40. The standard InChI is InChI=1S/C15H24N2OS/c1-10(2)13-9-19-14(16-13)12-5-7-17(8-6-12)15(18)11(3)4/h9-12H,5-8H2,1-4H3. The molecule has 1 aromatic heterocycles. The summed E-state index contributed by atoms with van der Waals surface area (Å²) in [7, 11) is 0. The van der Waals surface area contributed by atoms with Crippen molar-refractivity contribution in [3.63, 3.8) is 0 Å². The van der Waals surface area contributed by atoms with Crippen molar-refractivity contribution >= 4 is 17.2 Å². The lowest BCUT2D eigenvalue weighted by Gasteiger charge is -2.32. The molecule has 0 spiro atoms. The Balaban J connectivity index is 1.94. The highest BCUT2D eigenvalue weighted by Crippen LogP contribution is 2.32. The highest BCUT2D eigenvalue weighted by molar-refractivity contribution is 7.09. The van der Waals surface area contributed by atoms with Crippen LogP contribution in [0.4, 0.5) is 0 Å². The zero-order chi connectivity index (χ0) is 14.0. The molecule has 0 aromatic carbocycles. The zero-order valence-corrected chi connectivity index (χ0v) is 13.2. The summed E-state index contributed by atoms with van der Waals surface area (Å²) in [6.07, 6.45) is 2.12. The molecule has 0 bridgehead atoms. The van der Waals surface area contributed by atoms with E-state index >= 15 is 0 Å². The van der Waals surface area contributed by atoms with Crippen molar-refractivity contribution < 1.29 is 4.79 Å². The Labute approximate surface area is 120 Å². The van der Waals surface area contributed by atoms with E-state index in [0.29, 0.717) is 17.7 Å². The maximum Gasteiger partial charge on any atom is 0.225 e. The molecule has 1 aliphatic heterocycles. The molecule has 0 N–H and O–H groups in total. The number of carbonyl (C=O) groups excluding carboxylic acids is 1. The van der Waals surface area contributed by atoms with E-state index in [9.17, 15) is 4.79 Å². The van der Waals surface area contributed by atoms with E-state index in [1.54, 1.807) is 11.3 Å². The van der Waals surface area contributed by atoms with Crippen LogP contribution in [0.3, 0.4) is 0 Å². The summed E-state index contributed by atoms with van der Waals surface area (Å²) < 4.78 is 0. The van der Waals surface area contributed by atoms with Gasteiger partial charge < -0.3 is 4.90 Å². The second-order valence-electron chi connectivity index (χ2n) is 6.02. The van der Waals surface area contributed by atoms with Crippen LogP contribution in [0.1, 0.15) is 63.1 Å². The third-order valence-electron chi connectivity index (χ3n) is 3.78. The topological polar surface area (TPSA) is 33.2 Å². The van der Waals surface area contributed by atoms with Crippen LogP contribution in [-0.4, -0.2) is 28.9 Å². The number of hydrogen-bond donors (Lipinski definition) is 0. The minimum Gasteiger partial charge on any atom is -0.342 e. The number of amides is 1. The Morgan fingerprint density at radius 2 is 1.95 bits per heavy atom. The maximum atomic E-state index is 11.9. The number of hydrogen-bond acceptors (Lipinski definition) is 3. The Bertz CT molecular complexity index is 431. The average molecular weight is 280 g/mol. The van der Waals surface area contributed by atoms with Crippen LogP contribution >= 0.6 is 11.3 Å². The first kappa shape index (κ1) is 14.5. The van der Waals surface area contributed by atoms with Gasteiger partial charge in [-0.25, -0.2) is 4.98 Å². The number of rotatable bonds is 3. The number of thiazole rings is 1. The van der Waals surface area contributed by atoms with Gasteiger partial charge in [0.2, 0.25) is 5.91 Å². The highest BCUT2D eigenvalue weighted by Gasteiger charge is 2.26. The average Bonchev–Trinajstić information content (AvgIpc) is 2.87. The second kappa shape index (κ2) is 6.04. The molecule has 2 heterocycles. The molecule has 106 valence electrons.